The molecular weight excluding hydrogens is 254 g/mol. The third-order valence-electron chi connectivity index (χ3n) is 2.63. The van der Waals surface area contributed by atoms with E-state index in [-0.39, 0.29) is 23.8 Å². The molecule has 2 N–H and O–H groups in total. The highest BCUT2D eigenvalue weighted by Crippen LogP contribution is 2.17. The van der Waals surface area contributed by atoms with Crippen molar-refractivity contribution >= 4 is 29.0 Å². The Bertz CT molecular complexity index is 361. The van der Waals surface area contributed by atoms with Crippen LogP contribution in [0, 0.1) is 0 Å². The second-order valence-corrected chi connectivity index (χ2v) is 6.08. The first-order valence-corrected chi connectivity index (χ1v) is 7.76. The van der Waals surface area contributed by atoms with Crippen molar-refractivity contribution in [2.45, 2.75) is 31.6 Å². The Kier molecular flexibility index (Phi) is 6.02. The standard InChI is InChI=1S/C12H19NO2S2/c1-4-9-5-6-10(17-9)12(15)13-8(2)11(7-14)16-3/h5-6,8,11,14H,4,7H2,1-3H3,(H,13,15). The third-order valence-corrected chi connectivity index (χ3v) is 5.02. The highest BCUT2D eigenvalue weighted by molar-refractivity contribution is 7.99. The summed E-state index contributed by atoms with van der Waals surface area (Å²) < 4.78 is 0. The average molecular weight is 273 g/mol. The first kappa shape index (κ1) is 14.5. The van der Waals surface area contributed by atoms with Crippen LogP contribution in [0.15, 0.2) is 12.1 Å². The SMILES string of the molecule is CCc1ccc(C(=O)NC(C)C(CO)SC)s1. The zero-order valence-corrected chi connectivity index (χ0v) is 12.0. The van der Waals surface area contributed by atoms with E-state index in [1.165, 1.54) is 16.2 Å². The minimum Gasteiger partial charge on any atom is -0.395 e. The fourth-order valence-electron chi connectivity index (χ4n) is 1.50. The van der Waals surface area contributed by atoms with Gasteiger partial charge in [-0.15, -0.1) is 11.3 Å². The van der Waals surface area contributed by atoms with E-state index in [2.05, 4.69) is 12.2 Å². The average Bonchev–Trinajstić information content (AvgIpc) is 2.79. The predicted octanol–water partition coefficient (Wildman–Crippen LogP) is 2.15. The summed E-state index contributed by atoms with van der Waals surface area (Å²) in [5.74, 6) is -0.0466. The van der Waals surface area contributed by atoms with Gasteiger partial charge >= 0.3 is 0 Å². The van der Waals surface area contributed by atoms with E-state index in [4.69, 9.17) is 5.11 Å². The van der Waals surface area contributed by atoms with E-state index in [0.29, 0.717) is 0 Å². The molecule has 0 spiro atoms. The Labute approximate surface area is 111 Å². The molecule has 17 heavy (non-hydrogen) atoms. The Morgan fingerprint density at radius 2 is 2.29 bits per heavy atom. The van der Waals surface area contributed by atoms with Crippen LogP contribution >= 0.6 is 23.1 Å². The van der Waals surface area contributed by atoms with E-state index in [0.717, 1.165) is 11.3 Å². The van der Waals surface area contributed by atoms with Crippen molar-refractivity contribution in [3.63, 3.8) is 0 Å². The van der Waals surface area contributed by atoms with Gasteiger partial charge in [-0.25, -0.2) is 0 Å². The van der Waals surface area contributed by atoms with Gasteiger partial charge in [0.1, 0.15) is 0 Å². The van der Waals surface area contributed by atoms with Crippen LogP contribution in [-0.4, -0.2) is 35.2 Å². The van der Waals surface area contributed by atoms with Gasteiger partial charge < -0.3 is 10.4 Å². The molecule has 0 saturated heterocycles. The van der Waals surface area contributed by atoms with Gasteiger partial charge in [-0.1, -0.05) is 6.92 Å². The summed E-state index contributed by atoms with van der Waals surface area (Å²) in [6.07, 6.45) is 2.89. The molecule has 0 saturated carbocycles. The summed E-state index contributed by atoms with van der Waals surface area (Å²) in [5, 5.41) is 12.1. The molecule has 0 fully saturated rings. The van der Waals surface area contributed by atoms with Gasteiger partial charge in [0.05, 0.1) is 11.5 Å². The monoisotopic (exact) mass is 273 g/mol. The summed E-state index contributed by atoms with van der Waals surface area (Å²) in [5.41, 5.74) is 0. The number of aliphatic hydroxyl groups excluding tert-OH is 1. The summed E-state index contributed by atoms with van der Waals surface area (Å²) in [6.45, 7) is 4.07. The highest BCUT2D eigenvalue weighted by Gasteiger charge is 2.18. The number of thioether (sulfide) groups is 1. The van der Waals surface area contributed by atoms with Gasteiger partial charge in [0.15, 0.2) is 0 Å². The lowest BCUT2D eigenvalue weighted by molar-refractivity contribution is 0.0940. The number of carbonyl (C=O) groups is 1. The minimum atomic E-state index is -0.0466. The van der Waals surface area contributed by atoms with Crippen LogP contribution < -0.4 is 5.32 Å². The molecule has 0 radical (unpaired) electrons. The zero-order valence-electron chi connectivity index (χ0n) is 10.4. The number of aliphatic hydroxyl groups is 1. The minimum absolute atomic E-state index is 0.0327. The topological polar surface area (TPSA) is 49.3 Å². The lowest BCUT2D eigenvalue weighted by Crippen LogP contribution is -2.40. The number of hydrogen-bond acceptors (Lipinski definition) is 4. The smallest absolute Gasteiger partial charge is 0.261 e. The van der Waals surface area contributed by atoms with E-state index < -0.39 is 0 Å². The Hall–Kier alpha value is -0.520. The molecule has 1 heterocycles. The van der Waals surface area contributed by atoms with Crippen LogP contribution in [0.25, 0.3) is 0 Å². The van der Waals surface area contributed by atoms with Crippen LogP contribution in [0.1, 0.15) is 28.4 Å². The summed E-state index contributed by atoms with van der Waals surface area (Å²) in [6, 6.07) is 3.82. The molecule has 0 aromatic carbocycles. The molecule has 0 aliphatic carbocycles. The number of rotatable bonds is 6. The fourth-order valence-corrected chi connectivity index (χ4v) is 2.97. The summed E-state index contributed by atoms with van der Waals surface area (Å²) in [7, 11) is 0. The van der Waals surface area contributed by atoms with E-state index in [9.17, 15) is 4.79 Å². The molecule has 0 aliphatic rings. The summed E-state index contributed by atoms with van der Waals surface area (Å²) in [4.78, 5) is 13.9. The van der Waals surface area contributed by atoms with Crippen LogP contribution in [0.5, 0.6) is 0 Å². The number of amides is 1. The molecule has 1 aromatic heterocycles. The van der Waals surface area contributed by atoms with E-state index >= 15 is 0 Å². The predicted molar refractivity (Wildman–Crippen MR) is 75.0 cm³/mol. The number of thiophene rings is 1. The largest absolute Gasteiger partial charge is 0.395 e. The molecule has 1 aromatic rings. The number of carbonyl (C=O) groups excluding carboxylic acids is 1. The van der Waals surface area contributed by atoms with Crippen molar-refractivity contribution in [1.29, 1.82) is 0 Å². The van der Waals surface area contributed by atoms with Crippen molar-refractivity contribution in [1.82, 2.24) is 5.32 Å². The maximum atomic E-state index is 11.9. The van der Waals surface area contributed by atoms with Gasteiger partial charge in [-0.3, -0.25) is 4.79 Å². The van der Waals surface area contributed by atoms with Gasteiger partial charge in [0.2, 0.25) is 0 Å². The third kappa shape index (κ3) is 4.01. The van der Waals surface area contributed by atoms with Crippen LogP contribution in [0.4, 0.5) is 0 Å². The molecule has 3 nitrogen and oxygen atoms in total. The molecule has 5 heteroatoms. The van der Waals surface area contributed by atoms with Crippen LogP contribution in [-0.2, 0) is 6.42 Å². The van der Waals surface area contributed by atoms with Crippen molar-refractivity contribution in [3.05, 3.63) is 21.9 Å². The van der Waals surface area contributed by atoms with E-state index in [1.54, 1.807) is 11.8 Å². The Morgan fingerprint density at radius 1 is 1.59 bits per heavy atom. The Balaban J connectivity index is 2.59. The quantitative estimate of drug-likeness (QED) is 0.835. The van der Waals surface area contributed by atoms with Crippen molar-refractivity contribution in [2.24, 2.45) is 0 Å². The molecule has 0 bridgehead atoms. The molecular formula is C12H19NO2S2. The fraction of sp³-hybridized carbons (Fsp3) is 0.583. The van der Waals surface area contributed by atoms with Crippen molar-refractivity contribution < 1.29 is 9.90 Å². The second kappa shape index (κ2) is 7.03. The Morgan fingerprint density at radius 3 is 2.76 bits per heavy atom. The maximum absolute atomic E-state index is 11.9. The lowest BCUT2D eigenvalue weighted by atomic mass is 10.2. The first-order valence-electron chi connectivity index (χ1n) is 5.65. The lowest BCUT2D eigenvalue weighted by Gasteiger charge is -2.20. The molecule has 1 rings (SSSR count). The number of aryl methyl sites for hydroxylation is 1. The molecule has 2 atom stereocenters. The van der Waals surface area contributed by atoms with Crippen molar-refractivity contribution in [3.8, 4) is 0 Å². The normalized spacial score (nSPS) is 14.4. The summed E-state index contributed by atoms with van der Waals surface area (Å²) >= 11 is 3.09. The van der Waals surface area contributed by atoms with Gasteiger partial charge in [-0.05, 0) is 31.7 Å². The molecule has 96 valence electrons. The van der Waals surface area contributed by atoms with Crippen LogP contribution in [0.3, 0.4) is 0 Å². The van der Waals surface area contributed by atoms with E-state index in [1.807, 2.05) is 25.3 Å². The van der Waals surface area contributed by atoms with Gasteiger partial charge in [0.25, 0.3) is 5.91 Å². The highest BCUT2D eigenvalue weighted by atomic mass is 32.2. The second-order valence-electron chi connectivity index (χ2n) is 3.84. The number of hydrogen-bond donors (Lipinski definition) is 2. The van der Waals surface area contributed by atoms with Gasteiger partial charge in [0, 0.05) is 16.2 Å². The van der Waals surface area contributed by atoms with Crippen molar-refractivity contribution in [2.75, 3.05) is 12.9 Å². The molecule has 1 amide bonds. The molecule has 0 aliphatic heterocycles. The van der Waals surface area contributed by atoms with Crippen LogP contribution in [0.2, 0.25) is 0 Å². The maximum Gasteiger partial charge on any atom is 0.261 e. The number of nitrogens with one attached hydrogen (secondary N) is 1. The first-order chi connectivity index (χ1) is 8.12. The molecule has 2 unspecified atom stereocenters. The zero-order chi connectivity index (χ0) is 12.8. The van der Waals surface area contributed by atoms with Gasteiger partial charge in [-0.2, -0.15) is 11.8 Å².